The molecule has 0 heterocycles. The van der Waals surface area contributed by atoms with Crippen molar-refractivity contribution in [3.05, 3.63) is 111 Å². The Morgan fingerprint density at radius 2 is 0.911 bits per heavy atom. The third-order valence-corrected chi connectivity index (χ3v) is 11.5. The quantitative estimate of drug-likeness (QED) is 0.220. The monoisotopic (exact) mass is 617 g/mol. The van der Waals surface area contributed by atoms with Crippen molar-refractivity contribution in [2.75, 3.05) is 4.90 Å². The van der Waals surface area contributed by atoms with Crippen molar-refractivity contribution in [3.63, 3.8) is 0 Å². The van der Waals surface area contributed by atoms with Gasteiger partial charge in [0.15, 0.2) is 0 Å². The molecule has 0 bridgehead atoms. The minimum absolute atomic E-state index is 0.115. The van der Waals surface area contributed by atoms with Crippen LogP contribution in [-0.4, -0.2) is 0 Å². The number of hydrogen-bond donors (Lipinski definition) is 0. The fourth-order valence-corrected chi connectivity index (χ4v) is 8.59. The summed E-state index contributed by atoms with van der Waals surface area (Å²) in [5.74, 6) is 0. The normalized spacial score (nSPS) is 19.0. The van der Waals surface area contributed by atoms with Gasteiger partial charge in [0.2, 0.25) is 0 Å². The number of benzene rings is 4. The summed E-state index contributed by atoms with van der Waals surface area (Å²) in [6, 6.07) is 25.6. The topological polar surface area (TPSA) is 3.24 Å². The summed E-state index contributed by atoms with van der Waals surface area (Å²) in [6.07, 6.45) is 4.79. The number of rotatable bonds is 4. The lowest BCUT2D eigenvalue weighted by Crippen LogP contribution is -2.34. The second-order valence-corrected chi connectivity index (χ2v) is 17.2. The van der Waals surface area contributed by atoms with Gasteiger partial charge in [-0.2, -0.15) is 0 Å². The molecule has 45 heavy (non-hydrogen) atoms. The molecule has 0 N–H and O–H groups in total. The van der Waals surface area contributed by atoms with E-state index in [0.717, 1.165) is 16.3 Å². The molecule has 2 aliphatic carbocycles. The Balaban J connectivity index is 1.62. The maximum absolute atomic E-state index is 7.02. The number of hydrogen-bond acceptors (Lipinski definition) is 1. The van der Waals surface area contributed by atoms with E-state index in [1.54, 1.807) is 0 Å². The summed E-state index contributed by atoms with van der Waals surface area (Å²) >= 11 is 7.02. The van der Waals surface area contributed by atoms with Crippen LogP contribution in [0.15, 0.2) is 66.7 Å². The Kier molecular flexibility index (Phi) is 7.64. The van der Waals surface area contributed by atoms with Gasteiger partial charge in [-0.1, -0.05) is 96.8 Å². The number of anilines is 3. The molecule has 6 rings (SSSR count). The molecule has 0 atom stereocenters. The molecule has 0 aliphatic heterocycles. The molecular formula is C43H52ClN. The first-order valence-electron chi connectivity index (χ1n) is 16.9. The van der Waals surface area contributed by atoms with Gasteiger partial charge in [0, 0.05) is 22.1 Å². The van der Waals surface area contributed by atoms with Gasteiger partial charge >= 0.3 is 0 Å². The molecule has 4 aromatic rings. The van der Waals surface area contributed by atoms with E-state index in [0.29, 0.717) is 0 Å². The van der Waals surface area contributed by atoms with Crippen molar-refractivity contribution < 1.29 is 0 Å². The third kappa shape index (κ3) is 5.65. The molecule has 2 heteroatoms. The molecule has 0 spiro atoms. The lowest BCUT2D eigenvalue weighted by atomic mass is 9.63. The summed E-state index contributed by atoms with van der Waals surface area (Å²) in [6.45, 7) is 25.9. The first-order valence-corrected chi connectivity index (χ1v) is 17.3. The second-order valence-electron chi connectivity index (χ2n) is 16.8. The van der Waals surface area contributed by atoms with Crippen LogP contribution in [0, 0.1) is 20.8 Å². The zero-order chi connectivity index (χ0) is 32.7. The molecule has 4 aromatic carbocycles. The van der Waals surface area contributed by atoms with Crippen LogP contribution in [0.5, 0.6) is 0 Å². The third-order valence-electron chi connectivity index (χ3n) is 11.3. The Labute approximate surface area is 278 Å². The van der Waals surface area contributed by atoms with E-state index in [9.17, 15) is 0 Å². The van der Waals surface area contributed by atoms with E-state index in [1.165, 1.54) is 81.6 Å². The van der Waals surface area contributed by atoms with Crippen molar-refractivity contribution >= 4 is 28.7 Å². The van der Waals surface area contributed by atoms with E-state index in [-0.39, 0.29) is 21.7 Å². The summed E-state index contributed by atoms with van der Waals surface area (Å²) in [5.41, 5.74) is 16.2. The maximum atomic E-state index is 7.02. The molecule has 0 amide bonds. The first-order chi connectivity index (χ1) is 20.9. The number of nitrogens with zero attached hydrogens (tertiary/aromatic N) is 1. The predicted molar refractivity (Wildman–Crippen MR) is 196 cm³/mol. The Hall–Kier alpha value is -3.03. The van der Waals surface area contributed by atoms with Crippen molar-refractivity contribution in [3.8, 4) is 11.1 Å². The fraction of sp³-hybridized carbons (Fsp3) is 0.442. The SMILES string of the molecule is Cc1cc(C)c(-c2cc(Cl)cc(N(c3ccc4c(c3)C(C)(C)CCC4(C)C)c3ccc4c(c3)C(C)(C)CCC4(C)C)c2)c(C)c1. The largest absolute Gasteiger partial charge is 0.310 e. The van der Waals surface area contributed by atoms with Crippen molar-refractivity contribution in [2.45, 2.75) is 124 Å². The first kappa shape index (κ1) is 31.9. The highest BCUT2D eigenvalue weighted by atomic mass is 35.5. The van der Waals surface area contributed by atoms with Gasteiger partial charge in [-0.25, -0.2) is 0 Å². The van der Waals surface area contributed by atoms with Gasteiger partial charge < -0.3 is 4.90 Å². The molecule has 236 valence electrons. The number of fused-ring (bicyclic) bond motifs is 2. The Morgan fingerprint density at radius 3 is 1.36 bits per heavy atom. The van der Waals surface area contributed by atoms with Crippen LogP contribution in [-0.2, 0) is 21.7 Å². The predicted octanol–water partition coefficient (Wildman–Crippen LogP) is 13.1. The minimum atomic E-state index is 0.115. The molecule has 0 unspecified atom stereocenters. The van der Waals surface area contributed by atoms with Gasteiger partial charge in [0.1, 0.15) is 0 Å². The van der Waals surface area contributed by atoms with E-state index in [4.69, 9.17) is 11.6 Å². The summed E-state index contributed by atoms with van der Waals surface area (Å²) in [5, 5.41) is 0.755. The summed E-state index contributed by atoms with van der Waals surface area (Å²) in [4.78, 5) is 2.46. The van der Waals surface area contributed by atoms with Crippen molar-refractivity contribution in [1.82, 2.24) is 0 Å². The lowest BCUT2D eigenvalue weighted by molar-refractivity contribution is 0.332. The zero-order valence-corrected chi connectivity index (χ0v) is 30.3. The average Bonchev–Trinajstić information content (AvgIpc) is 2.93. The molecule has 0 saturated carbocycles. The molecule has 2 aliphatic rings. The van der Waals surface area contributed by atoms with Crippen LogP contribution in [0.3, 0.4) is 0 Å². The molecule has 0 aromatic heterocycles. The molecule has 1 nitrogen and oxygen atoms in total. The van der Waals surface area contributed by atoms with E-state index < -0.39 is 0 Å². The standard InChI is InChI=1S/C43H52ClN/c1-27-20-28(2)39(29(3)21-27)30-22-31(44)24-34(23-30)45(32-12-14-35-37(25-32)42(8,9)18-16-40(35,4)5)33-13-15-36-38(26-33)43(10,11)19-17-41(36,6)7/h12-15,20-26H,16-19H2,1-11H3. The van der Waals surface area contributed by atoms with Gasteiger partial charge in [-0.05, 0) is 155 Å². The van der Waals surface area contributed by atoms with Crippen LogP contribution >= 0.6 is 11.6 Å². The van der Waals surface area contributed by atoms with E-state index in [2.05, 4.69) is 148 Å². The van der Waals surface area contributed by atoms with Crippen LogP contribution in [0.4, 0.5) is 17.1 Å². The minimum Gasteiger partial charge on any atom is -0.310 e. The van der Waals surface area contributed by atoms with Crippen LogP contribution in [0.2, 0.25) is 5.02 Å². The Bertz CT molecular complexity index is 1700. The molecule has 0 fully saturated rings. The van der Waals surface area contributed by atoms with Crippen LogP contribution < -0.4 is 4.90 Å². The van der Waals surface area contributed by atoms with Crippen molar-refractivity contribution in [2.24, 2.45) is 0 Å². The van der Waals surface area contributed by atoms with Gasteiger partial charge in [-0.3, -0.25) is 0 Å². The van der Waals surface area contributed by atoms with Gasteiger partial charge in [0.05, 0.1) is 0 Å². The zero-order valence-electron chi connectivity index (χ0n) is 29.5. The average molecular weight is 618 g/mol. The smallest absolute Gasteiger partial charge is 0.0482 e. The second kappa shape index (κ2) is 10.8. The van der Waals surface area contributed by atoms with Crippen LogP contribution in [0.25, 0.3) is 11.1 Å². The number of aryl methyl sites for hydroxylation is 3. The van der Waals surface area contributed by atoms with Crippen molar-refractivity contribution in [1.29, 1.82) is 0 Å². The highest BCUT2D eigenvalue weighted by Gasteiger charge is 2.39. The fourth-order valence-electron chi connectivity index (χ4n) is 8.36. The molecule has 0 radical (unpaired) electrons. The van der Waals surface area contributed by atoms with Gasteiger partial charge in [0.25, 0.3) is 0 Å². The van der Waals surface area contributed by atoms with Crippen LogP contribution in [0.1, 0.15) is 120 Å². The highest BCUT2D eigenvalue weighted by Crippen LogP contribution is 2.51. The highest BCUT2D eigenvalue weighted by molar-refractivity contribution is 6.31. The lowest BCUT2D eigenvalue weighted by Gasteiger charge is -2.43. The molecule has 0 saturated heterocycles. The Morgan fingerprint density at radius 1 is 0.489 bits per heavy atom. The van der Waals surface area contributed by atoms with E-state index >= 15 is 0 Å². The van der Waals surface area contributed by atoms with Gasteiger partial charge in [-0.15, -0.1) is 0 Å². The number of halogens is 1. The maximum Gasteiger partial charge on any atom is 0.0482 e. The van der Waals surface area contributed by atoms with E-state index in [1.807, 2.05) is 0 Å². The molecular weight excluding hydrogens is 566 g/mol. The summed E-state index contributed by atoms with van der Waals surface area (Å²) in [7, 11) is 0. The summed E-state index contributed by atoms with van der Waals surface area (Å²) < 4.78 is 0.